The molecular weight excluding hydrogens is 477 g/mol. The van der Waals surface area contributed by atoms with Gasteiger partial charge in [0.05, 0.1) is 19.8 Å². The highest BCUT2D eigenvalue weighted by Crippen LogP contribution is 2.06. The molecule has 158 valence electrons. The molecule has 2 heterocycles. The number of morpholine rings is 1. The van der Waals surface area contributed by atoms with E-state index in [2.05, 4.69) is 28.3 Å². The van der Waals surface area contributed by atoms with Gasteiger partial charge in [-0.3, -0.25) is 14.7 Å². The molecule has 0 unspecified atom stereocenters. The zero-order chi connectivity index (χ0) is 18.6. The molecule has 7 nitrogen and oxygen atoms in total. The first kappa shape index (κ1) is 24.8. The summed E-state index contributed by atoms with van der Waals surface area (Å²) in [5.41, 5.74) is 0. The molecule has 0 radical (unpaired) electrons. The Morgan fingerprint density at radius 3 is 2.41 bits per heavy atom. The number of amides is 1. The van der Waals surface area contributed by atoms with Gasteiger partial charge in [-0.2, -0.15) is 11.8 Å². The quantitative estimate of drug-likeness (QED) is 0.228. The molecule has 0 bridgehead atoms. The first-order chi connectivity index (χ1) is 12.7. The minimum Gasteiger partial charge on any atom is -0.378 e. The van der Waals surface area contributed by atoms with Crippen LogP contribution in [0.1, 0.15) is 19.8 Å². The number of hydrogen-bond donors (Lipinski definition) is 1. The van der Waals surface area contributed by atoms with E-state index in [4.69, 9.17) is 9.73 Å². The van der Waals surface area contributed by atoms with Crippen molar-refractivity contribution in [2.45, 2.75) is 19.8 Å². The third-order valence-electron chi connectivity index (χ3n) is 4.75. The Morgan fingerprint density at radius 1 is 1.07 bits per heavy atom. The van der Waals surface area contributed by atoms with Gasteiger partial charge in [0, 0.05) is 52.4 Å². The SMILES string of the molecule is CCNC(=NCCCCSC)N1CCN(CC(=O)N2CCOCC2)CC1.I. The normalized spacial score (nSPS) is 19.0. The van der Waals surface area contributed by atoms with Crippen molar-refractivity contribution in [1.82, 2.24) is 20.0 Å². The number of hydrogen-bond acceptors (Lipinski definition) is 5. The van der Waals surface area contributed by atoms with Gasteiger partial charge >= 0.3 is 0 Å². The van der Waals surface area contributed by atoms with Gasteiger partial charge in [0.25, 0.3) is 0 Å². The molecule has 1 amide bonds. The predicted molar refractivity (Wildman–Crippen MR) is 124 cm³/mol. The van der Waals surface area contributed by atoms with Gasteiger partial charge in [0.15, 0.2) is 5.96 Å². The lowest BCUT2D eigenvalue weighted by Crippen LogP contribution is -2.54. The molecule has 0 saturated carbocycles. The zero-order valence-electron chi connectivity index (χ0n) is 16.8. The molecule has 0 aliphatic carbocycles. The van der Waals surface area contributed by atoms with Crippen LogP contribution in [-0.4, -0.2) is 111 Å². The molecule has 2 aliphatic heterocycles. The Bertz CT molecular complexity index is 441. The summed E-state index contributed by atoms with van der Waals surface area (Å²) >= 11 is 1.90. The standard InChI is InChI=1S/C18H35N5O2S.HI/c1-3-19-18(20-6-4-5-15-26-2)23-9-7-21(8-10-23)16-17(24)22-11-13-25-14-12-22;/h3-16H2,1-2H3,(H,19,20);1H. The highest BCUT2D eigenvalue weighted by Gasteiger charge is 2.24. The van der Waals surface area contributed by atoms with Crippen LogP contribution in [-0.2, 0) is 9.53 Å². The molecule has 2 aliphatic rings. The Balaban J connectivity index is 0.00000364. The Hall–Kier alpha value is -0.260. The van der Waals surface area contributed by atoms with Crippen LogP contribution in [0.4, 0.5) is 0 Å². The minimum atomic E-state index is 0. The van der Waals surface area contributed by atoms with Crippen molar-refractivity contribution in [3.8, 4) is 0 Å². The summed E-state index contributed by atoms with van der Waals surface area (Å²) in [7, 11) is 0. The highest BCUT2D eigenvalue weighted by atomic mass is 127. The molecule has 0 aromatic carbocycles. The van der Waals surface area contributed by atoms with Crippen LogP contribution < -0.4 is 5.32 Å². The van der Waals surface area contributed by atoms with E-state index in [1.807, 2.05) is 16.7 Å². The highest BCUT2D eigenvalue weighted by molar-refractivity contribution is 14.0. The molecule has 0 atom stereocenters. The summed E-state index contributed by atoms with van der Waals surface area (Å²) in [5, 5.41) is 3.41. The van der Waals surface area contributed by atoms with Crippen LogP contribution in [0.25, 0.3) is 0 Å². The fourth-order valence-electron chi connectivity index (χ4n) is 3.19. The van der Waals surface area contributed by atoms with Crippen molar-refractivity contribution in [3.05, 3.63) is 0 Å². The predicted octanol–water partition coefficient (Wildman–Crippen LogP) is 1.19. The maximum absolute atomic E-state index is 12.4. The maximum atomic E-state index is 12.4. The third-order valence-corrected chi connectivity index (χ3v) is 5.44. The number of halogens is 1. The summed E-state index contributed by atoms with van der Waals surface area (Å²) < 4.78 is 5.32. The fraction of sp³-hybridized carbons (Fsp3) is 0.889. The summed E-state index contributed by atoms with van der Waals surface area (Å²) in [5.74, 6) is 2.47. The lowest BCUT2D eigenvalue weighted by molar-refractivity contribution is -0.136. The smallest absolute Gasteiger partial charge is 0.236 e. The molecule has 0 aromatic heterocycles. The van der Waals surface area contributed by atoms with Crippen LogP contribution in [0.5, 0.6) is 0 Å². The molecule has 2 saturated heterocycles. The number of guanidine groups is 1. The lowest BCUT2D eigenvalue weighted by atomic mass is 10.3. The molecule has 9 heteroatoms. The van der Waals surface area contributed by atoms with Crippen LogP contribution in [0.15, 0.2) is 4.99 Å². The monoisotopic (exact) mass is 513 g/mol. The largest absolute Gasteiger partial charge is 0.378 e. The number of carbonyl (C=O) groups is 1. The van der Waals surface area contributed by atoms with Crippen LogP contribution in [0, 0.1) is 0 Å². The zero-order valence-corrected chi connectivity index (χ0v) is 20.0. The van der Waals surface area contributed by atoms with E-state index in [9.17, 15) is 4.79 Å². The van der Waals surface area contributed by atoms with Crippen molar-refractivity contribution in [3.63, 3.8) is 0 Å². The van der Waals surface area contributed by atoms with Crippen molar-refractivity contribution in [2.24, 2.45) is 4.99 Å². The number of piperazine rings is 1. The molecule has 0 spiro atoms. The molecule has 2 rings (SSSR count). The Kier molecular flexibility index (Phi) is 13.5. The van der Waals surface area contributed by atoms with Gasteiger partial charge in [-0.1, -0.05) is 0 Å². The summed E-state index contributed by atoms with van der Waals surface area (Å²) in [6.45, 7) is 10.9. The summed E-state index contributed by atoms with van der Waals surface area (Å²) in [6.07, 6.45) is 4.52. The number of unbranched alkanes of at least 4 members (excludes halogenated alkanes) is 1. The van der Waals surface area contributed by atoms with Crippen LogP contribution in [0.3, 0.4) is 0 Å². The van der Waals surface area contributed by atoms with Gasteiger partial charge < -0.3 is 19.9 Å². The number of carbonyl (C=O) groups excluding carboxylic acids is 1. The van der Waals surface area contributed by atoms with Gasteiger partial charge in [0.2, 0.25) is 5.91 Å². The molecule has 27 heavy (non-hydrogen) atoms. The van der Waals surface area contributed by atoms with Gasteiger partial charge in [-0.05, 0) is 31.8 Å². The van der Waals surface area contributed by atoms with E-state index >= 15 is 0 Å². The second-order valence-electron chi connectivity index (χ2n) is 6.69. The van der Waals surface area contributed by atoms with Crippen LogP contribution in [0.2, 0.25) is 0 Å². The van der Waals surface area contributed by atoms with E-state index in [1.54, 1.807) is 0 Å². The van der Waals surface area contributed by atoms with E-state index in [1.165, 1.54) is 12.2 Å². The lowest BCUT2D eigenvalue weighted by Gasteiger charge is -2.37. The molecule has 2 fully saturated rings. The maximum Gasteiger partial charge on any atom is 0.236 e. The number of nitrogens with zero attached hydrogens (tertiary/aromatic N) is 4. The average molecular weight is 513 g/mol. The van der Waals surface area contributed by atoms with Crippen LogP contribution >= 0.6 is 35.7 Å². The number of aliphatic imine (C=N–C) groups is 1. The van der Waals surface area contributed by atoms with Crippen molar-refractivity contribution >= 4 is 47.6 Å². The number of rotatable bonds is 8. The number of ether oxygens (including phenoxy) is 1. The van der Waals surface area contributed by atoms with Gasteiger partial charge in [-0.15, -0.1) is 24.0 Å². The van der Waals surface area contributed by atoms with Gasteiger partial charge in [-0.25, -0.2) is 0 Å². The first-order valence-electron chi connectivity index (χ1n) is 9.84. The molecule has 0 aromatic rings. The minimum absolute atomic E-state index is 0. The third kappa shape index (κ3) is 9.19. The van der Waals surface area contributed by atoms with Crippen molar-refractivity contribution in [1.29, 1.82) is 0 Å². The van der Waals surface area contributed by atoms with E-state index in [0.29, 0.717) is 19.8 Å². The molecule has 1 N–H and O–H groups in total. The van der Waals surface area contributed by atoms with E-state index in [0.717, 1.165) is 64.7 Å². The van der Waals surface area contributed by atoms with E-state index < -0.39 is 0 Å². The number of nitrogens with one attached hydrogen (secondary N) is 1. The van der Waals surface area contributed by atoms with Gasteiger partial charge in [0.1, 0.15) is 0 Å². The van der Waals surface area contributed by atoms with E-state index in [-0.39, 0.29) is 29.9 Å². The molecular formula is C18H36IN5O2S. The summed E-state index contributed by atoms with van der Waals surface area (Å²) in [6, 6.07) is 0. The fourth-order valence-corrected chi connectivity index (χ4v) is 3.68. The number of thioether (sulfide) groups is 1. The summed E-state index contributed by atoms with van der Waals surface area (Å²) in [4.78, 5) is 23.7. The first-order valence-corrected chi connectivity index (χ1v) is 11.2. The second-order valence-corrected chi connectivity index (χ2v) is 7.68. The Labute approximate surface area is 185 Å². The second kappa shape index (κ2) is 14.7. The topological polar surface area (TPSA) is 60.4 Å². The average Bonchev–Trinajstić information content (AvgIpc) is 2.68. The Morgan fingerprint density at radius 2 is 1.78 bits per heavy atom. The van der Waals surface area contributed by atoms with Crippen molar-refractivity contribution < 1.29 is 9.53 Å². The van der Waals surface area contributed by atoms with Crippen molar-refractivity contribution in [2.75, 3.05) is 84.1 Å².